The predicted molar refractivity (Wildman–Crippen MR) is 91.5 cm³/mol. The Morgan fingerprint density at radius 1 is 1.32 bits per heavy atom. The molecule has 1 amide bonds. The Labute approximate surface area is 139 Å². The van der Waals surface area contributed by atoms with Crippen molar-refractivity contribution >= 4 is 28.6 Å². The molecule has 0 radical (unpaired) electrons. The molecule has 22 heavy (non-hydrogen) atoms. The van der Waals surface area contributed by atoms with Gasteiger partial charge in [0.1, 0.15) is 6.10 Å². The van der Waals surface area contributed by atoms with Crippen LogP contribution >= 0.6 is 22.7 Å². The van der Waals surface area contributed by atoms with Gasteiger partial charge in [-0.2, -0.15) is 0 Å². The van der Waals surface area contributed by atoms with Crippen LogP contribution in [-0.4, -0.2) is 17.6 Å². The molecule has 1 atom stereocenters. The first-order valence-electron chi connectivity index (χ1n) is 7.68. The second-order valence-corrected chi connectivity index (χ2v) is 7.86. The quantitative estimate of drug-likeness (QED) is 0.873. The van der Waals surface area contributed by atoms with E-state index in [1.807, 2.05) is 29.8 Å². The van der Waals surface area contributed by atoms with Crippen molar-refractivity contribution in [3.05, 3.63) is 44.3 Å². The fraction of sp³-hybridized carbons (Fsp3) is 0.471. The molecule has 2 N–H and O–H groups in total. The van der Waals surface area contributed by atoms with Gasteiger partial charge in [0, 0.05) is 16.3 Å². The number of hydrogen-bond acceptors (Lipinski definition) is 4. The lowest BCUT2D eigenvalue weighted by Crippen LogP contribution is -2.43. The van der Waals surface area contributed by atoms with Crippen molar-refractivity contribution in [2.75, 3.05) is 6.54 Å². The van der Waals surface area contributed by atoms with E-state index in [0.29, 0.717) is 0 Å². The summed E-state index contributed by atoms with van der Waals surface area (Å²) in [5.74, 6) is 0.0701. The minimum atomic E-state index is -0.620. The number of aliphatic hydroxyl groups excluding tert-OH is 1. The minimum absolute atomic E-state index is 0.0701. The molecule has 3 rings (SSSR count). The van der Waals surface area contributed by atoms with Crippen molar-refractivity contribution in [1.29, 1.82) is 0 Å². The van der Waals surface area contributed by atoms with Crippen molar-refractivity contribution in [2.45, 2.75) is 44.1 Å². The highest BCUT2D eigenvalue weighted by atomic mass is 32.1. The highest BCUT2D eigenvalue weighted by Gasteiger charge is 2.43. The molecule has 0 aliphatic heterocycles. The van der Waals surface area contributed by atoms with Crippen LogP contribution in [0.25, 0.3) is 0 Å². The van der Waals surface area contributed by atoms with E-state index in [1.165, 1.54) is 11.3 Å². The average Bonchev–Trinajstić information content (AvgIpc) is 3.24. The van der Waals surface area contributed by atoms with E-state index in [-0.39, 0.29) is 17.9 Å². The Morgan fingerprint density at radius 2 is 2.09 bits per heavy atom. The molecule has 1 aliphatic carbocycles. The minimum Gasteiger partial charge on any atom is -0.386 e. The summed E-state index contributed by atoms with van der Waals surface area (Å²) in [6.07, 6.45) is 3.39. The third kappa shape index (κ3) is 2.85. The number of carbonyl (C=O) groups excluding carboxylic acids is 1. The van der Waals surface area contributed by atoms with E-state index < -0.39 is 6.10 Å². The van der Waals surface area contributed by atoms with Crippen LogP contribution in [0.4, 0.5) is 0 Å². The lowest BCUT2D eigenvalue weighted by atomic mass is 9.83. The van der Waals surface area contributed by atoms with E-state index >= 15 is 0 Å². The molecule has 5 heteroatoms. The molecule has 3 nitrogen and oxygen atoms in total. The van der Waals surface area contributed by atoms with Crippen LogP contribution in [0, 0.1) is 6.92 Å². The van der Waals surface area contributed by atoms with Crippen LogP contribution in [0.5, 0.6) is 0 Å². The monoisotopic (exact) mass is 335 g/mol. The van der Waals surface area contributed by atoms with Gasteiger partial charge in [0.25, 0.3) is 0 Å². The summed E-state index contributed by atoms with van der Waals surface area (Å²) in [5, 5.41) is 17.3. The number of nitrogens with one attached hydrogen (secondary N) is 1. The van der Waals surface area contributed by atoms with Crippen molar-refractivity contribution < 1.29 is 9.90 Å². The summed E-state index contributed by atoms with van der Waals surface area (Å²) < 4.78 is 0. The van der Waals surface area contributed by atoms with E-state index in [1.54, 1.807) is 11.3 Å². The zero-order valence-corrected chi connectivity index (χ0v) is 14.3. The highest BCUT2D eigenvalue weighted by Crippen LogP contribution is 2.43. The van der Waals surface area contributed by atoms with Gasteiger partial charge >= 0.3 is 0 Å². The SMILES string of the molecule is Cc1ccsc1[C@@H](O)CNC(=O)C1(c2cccs2)CCCC1. The largest absolute Gasteiger partial charge is 0.386 e. The van der Waals surface area contributed by atoms with Gasteiger partial charge in [-0.1, -0.05) is 18.9 Å². The number of rotatable bonds is 5. The number of aryl methyl sites for hydroxylation is 1. The fourth-order valence-corrected chi connectivity index (χ4v) is 5.19. The molecule has 1 fully saturated rings. The lowest BCUT2D eigenvalue weighted by molar-refractivity contribution is -0.127. The fourth-order valence-electron chi connectivity index (χ4n) is 3.29. The van der Waals surface area contributed by atoms with Crippen molar-refractivity contribution in [1.82, 2.24) is 5.32 Å². The third-order valence-corrected chi connectivity index (χ3v) is 6.74. The second-order valence-electron chi connectivity index (χ2n) is 5.96. The summed E-state index contributed by atoms with van der Waals surface area (Å²) in [7, 11) is 0. The molecule has 1 aliphatic rings. The molecular weight excluding hydrogens is 314 g/mol. The first-order valence-corrected chi connectivity index (χ1v) is 9.44. The topological polar surface area (TPSA) is 49.3 Å². The molecule has 2 aromatic heterocycles. The van der Waals surface area contributed by atoms with E-state index in [9.17, 15) is 9.90 Å². The van der Waals surface area contributed by atoms with Crippen molar-refractivity contribution in [2.24, 2.45) is 0 Å². The molecule has 118 valence electrons. The van der Waals surface area contributed by atoms with Crippen molar-refractivity contribution in [3.8, 4) is 0 Å². The molecule has 0 bridgehead atoms. The maximum absolute atomic E-state index is 12.8. The third-order valence-electron chi connectivity index (χ3n) is 4.54. The predicted octanol–water partition coefficient (Wildman–Crippen LogP) is 3.78. The van der Waals surface area contributed by atoms with E-state index in [0.717, 1.165) is 41.0 Å². The Morgan fingerprint density at radius 3 is 2.68 bits per heavy atom. The zero-order valence-electron chi connectivity index (χ0n) is 12.7. The van der Waals surface area contributed by atoms with Crippen LogP contribution in [0.2, 0.25) is 0 Å². The van der Waals surface area contributed by atoms with Crippen LogP contribution in [0.15, 0.2) is 29.0 Å². The number of hydrogen-bond donors (Lipinski definition) is 2. The Hall–Kier alpha value is -1.17. The summed E-state index contributed by atoms with van der Waals surface area (Å²) in [5.41, 5.74) is 0.707. The molecule has 0 unspecified atom stereocenters. The molecule has 0 aromatic carbocycles. The molecule has 0 spiro atoms. The standard InChI is InChI=1S/C17H21NO2S2/c1-12-6-10-22-15(12)13(19)11-18-16(20)17(7-2-3-8-17)14-5-4-9-21-14/h4-6,9-10,13,19H,2-3,7-8,11H2,1H3,(H,18,20)/t13-/m0/s1. The Balaban J connectivity index is 1.69. The van der Waals surface area contributed by atoms with Crippen LogP contribution in [-0.2, 0) is 10.2 Å². The van der Waals surface area contributed by atoms with Gasteiger partial charge in [0.2, 0.25) is 5.91 Å². The average molecular weight is 335 g/mol. The lowest BCUT2D eigenvalue weighted by Gasteiger charge is -2.27. The maximum Gasteiger partial charge on any atom is 0.231 e. The number of amides is 1. The summed E-state index contributed by atoms with van der Waals surface area (Å²) in [6.45, 7) is 2.27. The number of thiophene rings is 2. The summed E-state index contributed by atoms with van der Waals surface area (Å²) in [4.78, 5) is 14.9. The van der Waals surface area contributed by atoms with Crippen molar-refractivity contribution in [3.63, 3.8) is 0 Å². The van der Waals surface area contributed by atoms with Gasteiger partial charge in [-0.3, -0.25) is 4.79 Å². The smallest absolute Gasteiger partial charge is 0.231 e. The van der Waals surface area contributed by atoms with Gasteiger partial charge in [0.05, 0.1) is 5.41 Å². The normalized spacial score (nSPS) is 18.3. The first-order chi connectivity index (χ1) is 10.6. The number of aliphatic hydroxyl groups is 1. The number of carbonyl (C=O) groups is 1. The second kappa shape index (κ2) is 6.52. The molecule has 2 heterocycles. The van der Waals surface area contributed by atoms with Crippen LogP contribution in [0.3, 0.4) is 0 Å². The van der Waals surface area contributed by atoms with Crippen LogP contribution < -0.4 is 5.32 Å². The van der Waals surface area contributed by atoms with Gasteiger partial charge < -0.3 is 10.4 Å². The molecular formula is C17H21NO2S2. The summed E-state index contributed by atoms with van der Waals surface area (Å²) in [6, 6.07) is 6.07. The van der Waals surface area contributed by atoms with Gasteiger partial charge in [-0.15, -0.1) is 22.7 Å². The van der Waals surface area contributed by atoms with Crippen LogP contribution in [0.1, 0.15) is 47.1 Å². The van der Waals surface area contributed by atoms with Gasteiger partial charge in [0.15, 0.2) is 0 Å². The Bertz CT molecular complexity index is 627. The van der Waals surface area contributed by atoms with Gasteiger partial charge in [-0.05, 0) is 48.2 Å². The molecule has 0 saturated heterocycles. The maximum atomic E-state index is 12.8. The van der Waals surface area contributed by atoms with E-state index in [4.69, 9.17) is 0 Å². The molecule has 1 saturated carbocycles. The summed E-state index contributed by atoms with van der Waals surface area (Å²) >= 11 is 3.20. The first kappa shape index (κ1) is 15.7. The highest BCUT2D eigenvalue weighted by molar-refractivity contribution is 7.10. The Kier molecular flexibility index (Phi) is 4.66. The molecule has 2 aromatic rings. The zero-order chi connectivity index (χ0) is 15.6. The van der Waals surface area contributed by atoms with Gasteiger partial charge in [-0.25, -0.2) is 0 Å². The van der Waals surface area contributed by atoms with E-state index in [2.05, 4.69) is 11.4 Å².